The van der Waals surface area contributed by atoms with E-state index in [4.69, 9.17) is 17.3 Å². The second-order valence-electron chi connectivity index (χ2n) is 4.10. The minimum atomic E-state index is 0.604. The fraction of sp³-hybridized carbons (Fsp3) is 0.200. The van der Waals surface area contributed by atoms with Gasteiger partial charge in [-0.1, -0.05) is 54.1 Å². The molecule has 0 fully saturated rings. The average Bonchev–Trinajstić information content (AvgIpc) is 2.42. The predicted octanol–water partition coefficient (Wildman–Crippen LogP) is 4.23. The molecule has 0 atom stereocenters. The van der Waals surface area contributed by atoms with Crippen LogP contribution in [0.5, 0.6) is 0 Å². The van der Waals surface area contributed by atoms with Crippen LogP contribution in [-0.2, 0) is 18.1 Å². The van der Waals surface area contributed by atoms with E-state index in [2.05, 4.69) is 30.3 Å². The van der Waals surface area contributed by atoms with Crippen LogP contribution < -0.4 is 5.73 Å². The van der Waals surface area contributed by atoms with Crippen molar-refractivity contribution < 1.29 is 0 Å². The quantitative estimate of drug-likeness (QED) is 0.885. The zero-order chi connectivity index (χ0) is 12.8. The van der Waals surface area contributed by atoms with Crippen molar-refractivity contribution in [2.45, 2.75) is 18.1 Å². The highest BCUT2D eigenvalue weighted by atomic mass is 35.5. The third-order valence-corrected chi connectivity index (χ3v) is 4.16. The van der Waals surface area contributed by atoms with Gasteiger partial charge in [-0.3, -0.25) is 0 Å². The minimum absolute atomic E-state index is 0.604. The van der Waals surface area contributed by atoms with Gasteiger partial charge in [-0.05, 0) is 22.8 Å². The number of nitrogens with two attached hydrogens (primary N) is 1. The fourth-order valence-electron chi connectivity index (χ4n) is 1.67. The average molecular weight is 278 g/mol. The van der Waals surface area contributed by atoms with E-state index in [0.717, 1.165) is 16.5 Å². The summed E-state index contributed by atoms with van der Waals surface area (Å²) in [6, 6.07) is 16.5. The molecule has 1 nitrogen and oxygen atoms in total. The largest absolute Gasteiger partial charge is 0.326 e. The molecule has 94 valence electrons. The van der Waals surface area contributed by atoms with Crippen LogP contribution in [0.15, 0.2) is 48.5 Å². The maximum atomic E-state index is 6.12. The van der Waals surface area contributed by atoms with Crippen molar-refractivity contribution in [1.82, 2.24) is 0 Å². The molecule has 2 aromatic carbocycles. The molecule has 0 aromatic heterocycles. The van der Waals surface area contributed by atoms with Gasteiger partial charge in [0.1, 0.15) is 0 Å². The van der Waals surface area contributed by atoms with E-state index in [9.17, 15) is 0 Å². The lowest BCUT2D eigenvalue weighted by atomic mass is 10.1. The molecule has 0 radical (unpaired) electrons. The van der Waals surface area contributed by atoms with Gasteiger partial charge in [0, 0.05) is 23.1 Å². The molecular weight excluding hydrogens is 262 g/mol. The highest BCUT2D eigenvalue weighted by molar-refractivity contribution is 7.97. The summed E-state index contributed by atoms with van der Waals surface area (Å²) in [4.78, 5) is 0. The molecule has 2 N–H and O–H groups in total. The molecule has 0 heterocycles. The number of halogens is 1. The molecule has 2 rings (SSSR count). The smallest absolute Gasteiger partial charge is 0.0446 e. The van der Waals surface area contributed by atoms with Crippen molar-refractivity contribution in [1.29, 1.82) is 0 Å². The Labute approximate surface area is 117 Å². The molecule has 0 aliphatic carbocycles. The van der Waals surface area contributed by atoms with E-state index in [-0.39, 0.29) is 0 Å². The summed E-state index contributed by atoms with van der Waals surface area (Å²) in [5.74, 6) is 1.94. The third-order valence-electron chi connectivity index (χ3n) is 2.74. The first-order valence-corrected chi connectivity index (χ1v) is 7.42. The van der Waals surface area contributed by atoms with Crippen LogP contribution in [0, 0.1) is 0 Å². The Morgan fingerprint density at radius 3 is 2.22 bits per heavy atom. The molecule has 0 aliphatic heterocycles. The number of rotatable bonds is 5. The van der Waals surface area contributed by atoms with Crippen molar-refractivity contribution in [2.24, 2.45) is 5.73 Å². The minimum Gasteiger partial charge on any atom is -0.326 e. The van der Waals surface area contributed by atoms with Crippen molar-refractivity contribution >= 4 is 23.4 Å². The van der Waals surface area contributed by atoms with Gasteiger partial charge < -0.3 is 5.73 Å². The Hall–Kier alpha value is -0.960. The van der Waals surface area contributed by atoms with E-state index in [1.807, 2.05) is 30.0 Å². The molecular formula is C15H16ClNS. The Morgan fingerprint density at radius 1 is 0.889 bits per heavy atom. The van der Waals surface area contributed by atoms with Crippen LogP contribution in [0.3, 0.4) is 0 Å². The second-order valence-corrected chi connectivity index (χ2v) is 5.50. The number of hydrogen-bond donors (Lipinski definition) is 1. The molecule has 0 spiro atoms. The first-order valence-electron chi connectivity index (χ1n) is 5.88. The highest BCUT2D eigenvalue weighted by Gasteiger charge is 2.00. The van der Waals surface area contributed by atoms with Crippen molar-refractivity contribution in [3.8, 4) is 0 Å². The van der Waals surface area contributed by atoms with Gasteiger partial charge in [0.15, 0.2) is 0 Å². The van der Waals surface area contributed by atoms with Crippen LogP contribution >= 0.6 is 23.4 Å². The summed E-state index contributed by atoms with van der Waals surface area (Å²) < 4.78 is 0. The Balaban J connectivity index is 1.86. The number of thioether (sulfide) groups is 1. The van der Waals surface area contributed by atoms with E-state index >= 15 is 0 Å². The molecule has 0 amide bonds. The zero-order valence-corrected chi connectivity index (χ0v) is 11.7. The first kappa shape index (κ1) is 13.5. The maximum absolute atomic E-state index is 6.12. The predicted molar refractivity (Wildman–Crippen MR) is 80.8 cm³/mol. The standard InChI is InChI=1S/C15H16ClNS/c16-15-4-2-1-3-14(15)11-18-10-13-7-5-12(9-17)6-8-13/h1-8H,9-11,17H2. The lowest BCUT2D eigenvalue weighted by Gasteiger charge is -2.05. The van der Waals surface area contributed by atoms with E-state index in [1.165, 1.54) is 16.7 Å². The maximum Gasteiger partial charge on any atom is 0.0446 e. The van der Waals surface area contributed by atoms with E-state index < -0.39 is 0 Å². The van der Waals surface area contributed by atoms with Crippen LogP contribution in [0.4, 0.5) is 0 Å². The molecule has 0 unspecified atom stereocenters. The molecule has 0 aliphatic rings. The van der Waals surface area contributed by atoms with Gasteiger partial charge >= 0.3 is 0 Å². The zero-order valence-electron chi connectivity index (χ0n) is 10.1. The Morgan fingerprint density at radius 2 is 1.56 bits per heavy atom. The second kappa shape index (κ2) is 6.83. The van der Waals surface area contributed by atoms with Gasteiger partial charge in [0.05, 0.1) is 0 Å². The van der Waals surface area contributed by atoms with E-state index in [1.54, 1.807) is 0 Å². The summed E-state index contributed by atoms with van der Waals surface area (Å²) in [6.45, 7) is 0.604. The summed E-state index contributed by atoms with van der Waals surface area (Å²) in [5.41, 5.74) is 9.27. The molecule has 18 heavy (non-hydrogen) atoms. The van der Waals surface area contributed by atoms with Crippen molar-refractivity contribution in [3.05, 3.63) is 70.2 Å². The molecule has 0 saturated heterocycles. The van der Waals surface area contributed by atoms with Crippen molar-refractivity contribution in [3.63, 3.8) is 0 Å². The molecule has 3 heteroatoms. The number of hydrogen-bond acceptors (Lipinski definition) is 2. The Bertz CT molecular complexity index is 496. The van der Waals surface area contributed by atoms with Crippen LogP contribution in [0.1, 0.15) is 16.7 Å². The topological polar surface area (TPSA) is 26.0 Å². The van der Waals surface area contributed by atoms with Gasteiger partial charge in [-0.15, -0.1) is 0 Å². The van der Waals surface area contributed by atoms with Crippen molar-refractivity contribution in [2.75, 3.05) is 0 Å². The summed E-state index contributed by atoms with van der Waals surface area (Å²) >= 11 is 7.99. The van der Waals surface area contributed by atoms with Crippen LogP contribution in [-0.4, -0.2) is 0 Å². The molecule has 0 bridgehead atoms. The lowest BCUT2D eigenvalue weighted by Crippen LogP contribution is -1.95. The monoisotopic (exact) mass is 277 g/mol. The SMILES string of the molecule is NCc1ccc(CSCc2ccccc2Cl)cc1. The molecule has 0 saturated carbocycles. The highest BCUT2D eigenvalue weighted by Crippen LogP contribution is 2.23. The lowest BCUT2D eigenvalue weighted by molar-refractivity contribution is 1.07. The summed E-state index contributed by atoms with van der Waals surface area (Å²) in [6.07, 6.45) is 0. The van der Waals surface area contributed by atoms with Crippen LogP contribution in [0.2, 0.25) is 5.02 Å². The van der Waals surface area contributed by atoms with Gasteiger partial charge in [0.2, 0.25) is 0 Å². The third kappa shape index (κ3) is 3.77. The van der Waals surface area contributed by atoms with E-state index in [0.29, 0.717) is 6.54 Å². The first-order chi connectivity index (χ1) is 8.79. The fourth-order valence-corrected chi connectivity index (χ4v) is 2.95. The summed E-state index contributed by atoms with van der Waals surface area (Å²) in [5, 5.41) is 0.850. The van der Waals surface area contributed by atoms with Crippen LogP contribution in [0.25, 0.3) is 0 Å². The number of benzene rings is 2. The normalized spacial score (nSPS) is 10.6. The Kier molecular flexibility index (Phi) is 5.12. The van der Waals surface area contributed by atoms with Gasteiger partial charge in [-0.25, -0.2) is 0 Å². The molecule has 2 aromatic rings. The van der Waals surface area contributed by atoms with Gasteiger partial charge in [0.25, 0.3) is 0 Å². The van der Waals surface area contributed by atoms with Gasteiger partial charge in [-0.2, -0.15) is 11.8 Å². The summed E-state index contributed by atoms with van der Waals surface area (Å²) in [7, 11) is 0.